The zero-order chi connectivity index (χ0) is 9.97. The van der Waals surface area contributed by atoms with Crippen LogP contribution in [0.4, 0.5) is 0 Å². The molecule has 0 saturated heterocycles. The molecule has 2 rings (SSSR count). The predicted molar refractivity (Wildman–Crippen MR) is 66.5 cm³/mol. The van der Waals surface area contributed by atoms with Gasteiger partial charge in [0.05, 0.1) is 0 Å². The SMILES string of the molecule is CC([SiH3])C(C1=CC=CC1)C1=CC=CC1. The van der Waals surface area contributed by atoms with E-state index in [1.165, 1.54) is 23.1 Å². The minimum atomic E-state index is 0.728. The van der Waals surface area contributed by atoms with Gasteiger partial charge in [-0.25, -0.2) is 0 Å². The van der Waals surface area contributed by atoms with Crippen LogP contribution in [0, 0.1) is 5.92 Å². The van der Waals surface area contributed by atoms with Crippen LogP contribution in [-0.2, 0) is 0 Å². The van der Waals surface area contributed by atoms with E-state index in [1.54, 1.807) is 11.1 Å². The molecule has 0 aromatic heterocycles. The summed E-state index contributed by atoms with van der Waals surface area (Å²) in [5.41, 5.74) is 4.11. The maximum atomic E-state index is 2.38. The monoisotopic (exact) mass is 202 g/mol. The third-order valence-corrected chi connectivity index (χ3v) is 3.73. The van der Waals surface area contributed by atoms with Crippen LogP contribution in [0.2, 0.25) is 5.54 Å². The Balaban J connectivity index is 2.16. The van der Waals surface area contributed by atoms with Crippen LogP contribution < -0.4 is 0 Å². The van der Waals surface area contributed by atoms with Gasteiger partial charge >= 0.3 is 0 Å². The molecule has 0 fully saturated rings. The lowest BCUT2D eigenvalue weighted by Crippen LogP contribution is -2.11. The van der Waals surface area contributed by atoms with Crippen molar-refractivity contribution in [2.75, 3.05) is 0 Å². The summed E-state index contributed by atoms with van der Waals surface area (Å²) in [6.07, 6.45) is 15.9. The Kier molecular flexibility index (Phi) is 2.87. The second-order valence-electron chi connectivity index (χ2n) is 4.47. The van der Waals surface area contributed by atoms with Gasteiger partial charge in [0.15, 0.2) is 0 Å². The Morgan fingerprint density at radius 2 is 1.57 bits per heavy atom. The van der Waals surface area contributed by atoms with Crippen molar-refractivity contribution in [3.63, 3.8) is 0 Å². The maximum Gasteiger partial charge on any atom is 0.00755 e. The molecule has 0 bridgehead atoms. The lowest BCUT2D eigenvalue weighted by Gasteiger charge is -2.24. The van der Waals surface area contributed by atoms with Crippen molar-refractivity contribution in [1.29, 1.82) is 0 Å². The molecule has 0 nitrogen and oxygen atoms in total. The molecule has 74 valence electrons. The van der Waals surface area contributed by atoms with E-state index in [1.807, 2.05) is 0 Å². The van der Waals surface area contributed by atoms with Crippen LogP contribution in [0.5, 0.6) is 0 Å². The quantitative estimate of drug-likeness (QED) is 0.617. The van der Waals surface area contributed by atoms with Crippen molar-refractivity contribution < 1.29 is 0 Å². The number of hydrogen-bond donors (Lipinski definition) is 0. The molecule has 0 amide bonds. The molecule has 2 aliphatic rings. The Labute approximate surface area is 89.5 Å². The normalized spacial score (nSPS) is 21.9. The second kappa shape index (κ2) is 4.14. The minimum Gasteiger partial charge on any atom is -0.0804 e. The van der Waals surface area contributed by atoms with Gasteiger partial charge in [-0.1, -0.05) is 54.5 Å². The van der Waals surface area contributed by atoms with Crippen LogP contribution in [-0.4, -0.2) is 10.2 Å². The Hall–Kier alpha value is -0.823. The summed E-state index contributed by atoms with van der Waals surface area (Å²) in [7, 11) is 1.28. The zero-order valence-electron chi connectivity index (χ0n) is 9.03. The van der Waals surface area contributed by atoms with Crippen LogP contribution >= 0.6 is 0 Å². The molecule has 0 saturated carbocycles. The van der Waals surface area contributed by atoms with E-state index in [2.05, 4.69) is 43.4 Å². The van der Waals surface area contributed by atoms with Crippen molar-refractivity contribution in [1.82, 2.24) is 0 Å². The fourth-order valence-electron chi connectivity index (χ4n) is 2.48. The smallest absolute Gasteiger partial charge is 0.00755 e. The van der Waals surface area contributed by atoms with Gasteiger partial charge in [-0.15, -0.1) is 0 Å². The van der Waals surface area contributed by atoms with Crippen molar-refractivity contribution in [2.45, 2.75) is 25.3 Å². The summed E-state index contributed by atoms with van der Waals surface area (Å²) in [5, 5.41) is 0. The van der Waals surface area contributed by atoms with Gasteiger partial charge in [0.1, 0.15) is 0 Å². The van der Waals surface area contributed by atoms with E-state index in [0.717, 1.165) is 11.5 Å². The van der Waals surface area contributed by atoms with Crippen LogP contribution in [0.3, 0.4) is 0 Å². The molecular formula is C13H18Si. The third kappa shape index (κ3) is 1.83. The van der Waals surface area contributed by atoms with Gasteiger partial charge in [0.25, 0.3) is 0 Å². The fraction of sp³-hybridized carbons (Fsp3) is 0.385. The van der Waals surface area contributed by atoms with Gasteiger partial charge in [-0.05, 0) is 18.4 Å². The first-order valence-electron chi connectivity index (χ1n) is 5.50. The maximum absolute atomic E-state index is 2.38. The highest BCUT2D eigenvalue weighted by molar-refractivity contribution is 6.12. The van der Waals surface area contributed by atoms with E-state index in [9.17, 15) is 0 Å². The lowest BCUT2D eigenvalue weighted by atomic mass is 9.87. The molecule has 14 heavy (non-hydrogen) atoms. The van der Waals surface area contributed by atoms with Crippen LogP contribution in [0.15, 0.2) is 47.6 Å². The largest absolute Gasteiger partial charge is 0.0804 e. The Bertz CT molecular complexity index is 299. The molecule has 0 aromatic rings. The average Bonchev–Trinajstić information content (AvgIpc) is 2.75. The van der Waals surface area contributed by atoms with Crippen LogP contribution in [0.25, 0.3) is 0 Å². The highest BCUT2D eigenvalue weighted by Crippen LogP contribution is 2.37. The first kappa shape index (κ1) is 9.72. The van der Waals surface area contributed by atoms with E-state index in [-0.39, 0.29) is 0 Å². The van der Waals surface area contributed by atoms with Crippen molar-refractivity contribution >= 4 is 10.2 Å². The standard InChI is InChI=1S/C13H18Si/c1-10(14)13(11-6-2-3-7-11)12-8-4-5-9-12/h2-6,8,10,13H,7,9H2,1,14H3. The van der Waals surface area contributed by atoms with E-state index in [0.29, 0.717) is 0 Å². The summed E-state index contributed by atoms with van der Waals surface area (Å²) in [4.78, 5) is 0. The molecule has 1 unspecified atom stereocenters. The summed E-state index contributed by atoms with van der Waals surface area (Å²) >= 11 is 0. The van der Waals surface area contributed by atoms with Gasteiger partial charge < -0.3 is 0 Å². The highest BCUT2D eigenvalue weighted by Gasteiger charge is 2.22. The second-order valence-corrected chi connectivity index (χ2v) is 6.29. The summed E-state index contributed by atoms with van der Waals surface area (Å²) < 4.78 is 0. The van der Waals surface area contributed by atoms with Gasteiger partial charge in [-0.3, -0.25) is 0 Å². The molecular weight excluding hydrogens is 184 g/mol. The van der Waals surface area contributed by atoms with Crippen LogP contribution in [0.1, 0.15) is 19.8 Å². The predicted octanol–water partition coefficient (Wildman–Crippen LogP) is 2.55. The third-order valence-electron chi connectivity index (χ3n) is 3.07. The summed E-state index contributed by atoms with van der Waals surface area (Å²) in [6.45, 7) is 2.38. The number of allylic oxidation sites excluding steroid dienone is 8. The molecule has 1 atom stereocenters. The lowest BCUT2D eigenvalue weighted by molar-refractivity contribution is 0.662. The summed E-state index contributed by atoms with van der Waals surface area (Å²) in [5.74, 6) is 0.728. The molecule has 0 radical (unpaired) electrons. The first-order chi connectivity index (χ1) is 6.79. The van der Waals surface area contributed by atoms with E-state index >= 15 is 0 Å². The molecule has 0 aliphatic heterocycles. The molecule has 1 heteroatoms. The minimum absolute atomic E-state index is 0.728. The first-order valence-corrected chi connectivity index (χ1v) is 6.65. The molecule has 0 spiro atoms. The van der Waals surface area contributed by atoms with Crippen molar-refractivity contribution in [3.05, 3.63) is 47.6 Å². The van der Waals surface area contributed by atoms with Gasteiger partial charge in [-0.2, -0.15) is 0 Å². The Morgan fingerprint density at radius 1 is 1.07 bits per heavy atom. The topological polar surface area (TPSA) is 0 Å². The van der Waals surface area contributed by atoms with Crippen molar-refractivity contribution in [2.24, 2.45) is 5.92 Å². The Morgan fingerprint density at radius 3 is 1.86 bits per heavy atom. The van der Waals surface area contributed by atoms with Gasteiger partial charge in [0.2, 0.25) is 0 Å². The zero-order valence-corrected chi connectivity index (χ0v) is 11.0. The number of rotatable bonds is 3. The van der Waals surface area contributed by atoms with E-state index in [4.69, 9.17) is 0 Å². The summed E-state index contributed by atoms with van der Waals surface area (Å²) in [6, 6.07) is 0. The average molecular weight is 202 g/mol. The molecule has 0 heterocycles. The van der Waals surface area contributed by atoms with E-state index < -0.39 is 0 Å². The molecule has 0 N–H and O–H groups in total. The number of hydrogen-bond acceptors (Lipinski definition) is 0. The van der Waals surface area contributed by atoms with Crippen molar-refractivity contribution in [3.8, 4) is 0 Å². The van der Waals surface area contributed by atoms with Gasteiger partial charge in [0, 0.05) is 16.2 Å². The molecule has 2 aliphatic carbocycles. The fourth-order valence-corrected chi connectivity index (χ4v) is 3.34. The highest BCUT2D eigenvalue weighted by atomic mass is 28.1. The molecule has 0 aromatic carbocycles.